The smallest absolute Gasteiger partial charge is 0.188 e. The Labute approximate surface area is 94.2 Å². The number of methoxy groups -OCH3 is 1. The van der Waals surface area contributed by atoms with E-state index in [1.54, 1.807) is 13.2 Å². The number of ketones is 1. The van der Waals surface area contributed by atoms with Crippen molar-refractivity contribution in [1.29, 1.82) is 0 Å². The highest BCUT2D eigenvalue weighted by Crippen LogP contribution is 2.04. The van der Waals surface area contributed by atoms with Gasteiger partial charge in [-0.3, -0.25) is 4.79 Å². The van der Waals surface area contributed by atoms with Gasteiger partial charge in [0.15, 0.2) is 5.78 Å². The van der Waals surface area contributed by atoms with Gasteiger partial charge in [0.05, 0.1) is 0 Å². The highest BCUT2D eigenvalue weighted by atomic mass is 19.1. The molecule has 0 atom stereocenters. The molecule has 16 heavy (non-hydrogen) atoms. The van der Waals surface area contributed by atoms with Crippen LogP contribution < -0.4 is 0 Å². The van der Waals surface area contributed by atoms with Gasteiger partial charge < -0.3 is 9.47 Å². The summed E-state index contributed by atoms with van der Waals surface area (Å²) in [4.78, 5) is 11.5. The first-order chi connectivity index (χ1) is 7.74. The second-order valence-electron chi connectivity index (χ2n) is 3.33. The fourth-order valence-corrected chi connectivity index (χ4v) is 1.22. The van der Waals surface area contributed by atoms with Gasteiger partial charge in [0.1, 0.15) is 12.4 Å². The number of hydrogen-bond acceptors (Lipinski definition) is 3. The van der Waals surface area contributed by atoms with Crippen molar-refractivity contribution in [3.63, 3.8) is 0 Å². The predicted molar refractivity (Wildman–Crippen MR) is 58.0 cm³/mol. The van der Waals surface area contributed by atoms with Crippen molar-refractivity contribution in [2.75, 3.05) is 26.9 Å². The van der Waals surface area contributed by atoms with E-state index in [0.29, 0.717) is 18.8 Å². The third kappa shape index (κ3) is 4.51. The fourth-order valence-electron chi connectivity index (χ4n) is 1.22. The van der Waals surface area contributed by atoms with Gasteiger partial charge in [-0.05, 0) is 18.6 Å². The standard InChI is InChI=1S/C12H15FO3/c1-15-6-3-7-16-9-12(14)10-4-2-5-11(13)8-10/h2,4-5,8H,3,6-7,9H2,1H3. The maximum Gasteiger partial charge on any atom is 0.188 e. The predicted octanol–water partition coefficient (Wildman–Crippen LogP) is 2.06. The SMILES string of the molecule is COCCCOCC(=O)c1cccc(F)c1. The molecule has 0 aliphatic heterocycles. The van der Waals surface area contributed by atoms with Crippen molar-refractivity contribution in [3.8, 4) is 0 Å². The Balaban J connectivity index is 2.30. The average Bonchev–Trinajstić information content (AvgIpc) is 2.28. The Morgan fingerprint density at radius 3 is 2.88 bits per heavy atom. The molecule has 0 radical (unpaired) electrons. The van der Waals surface area contributed by atoms with Crippen molar-refractivity contribution in [1.82, 2.24) is 0 Å². The number of Topliss-reactive ketones (excluding diaryl/α,β-unsaturated/α-hetero) is 1. The topological polar surface area (TPSA) is 35.5 Å². The summed E-state index contributed by atoms with van der Waals surface area (Å²) in [6.45, 7) is 1.05. The number of halogens is 1. The number of ether oxygens (including phenoxy) is 2. The minimum atomic E-state index is -0.412. The number of hydrogen-bond donors (Lipinski definition) is 0. The molecular formula is C12H15FO3. The van der Waals surface area contributed by atoms with E-state index in [4.69, 9.17) is 9.47 Å². The molecule has 0 saturated carbocycles. The lowest BCUT2D eigenvalue weighted by Gasteiger charge is -2.03. The summed E-state index contributed by atoms with van der Waals surface area (Å²) in [6, 6.07) is 5.59. The van der Waals surface area contributed by atoms with Crippen LogP contribution in [0.15, 0.2) is 24.3 Å². The molecular weight excluding hydrogens is 211 g/mol. The van der Waals surface area contributed by atoms with E-state index in [1.165, 1.54) is 18.2 Å². The Morgan fingerprint density at radius 2 is 2.19 bits per heavy atom. The minimum absolute atomic E-state index is 0.0207. The van der Waals surface area contributed by atoms with Gasteiger partial charge in [-0.2, -0.15) is 0 Å². The summed E-state index contributed by atoms with van der Waals surface area (Å²) in [7, 11) is 1.61. The molecule has 0 saturated heterocycles. The molecule has 0 aromatic heterocycles. The van der Waals surface area contributed by atoms with Crippen molar-refractivity contribution in [2.24, 2.45) is 0 Å². The van der Waals surface area contributed by atoms with Crippen LogP contribution in [-0.4, -0.2) is 32.7 Å². The Hall–Kier alpha value is -1.26. The summed E-state index contributed by atoms with van der Waals surface area (Å²) in [5.74, 6) is -0.623. The molecule has 0 spiro atoms. The van der Waals surface area contributed by atoms with Crippen LogP contribution in [0.3, 0.4) is 0 Å². The number of carbonyl (C=O) groups is 1. The highest BCUT2D eigenvalue weighted by Gasteiger charge is 2.06. The van der Waals surface area contributed by atoms with Crippen LogP contribution >= 0.6 is 0 Å². The zero-order valence-electron chi connectivity index (χ0n) is 9.24. The molecule has 1 aromatic carbocycles. The molecule has 3 nitrogen and oxygen atoms in total. The Kier molecular flexibility index (Phi) is 5.67. The lowest BCUT2D eigenvalue weighted by Crippen LogP contribution is -2.10. The summed E-state index contributed by atoms with van der Waals surface area (Å²) < 4.78 is 22.8. The van der Waals surface area contributed by atoms with Crippen molar-refractivity contribution >= 4 is 5.78 Å². The van der Waals surface area contributed by atoms with E-state index in [0.717, 1.165) is 6.42 Å². The highest BCUT2D eigenvalue weighted by molar-refractivity contribution is 5.97. The lowest BCUT2D eigenvalue weighted by atomic mass is 10.1. The molecule has 1 aromatic rings. The minimum Gasteiger partial charge on any atom is -0.385 e. The molecule has 0 heterocycles. The third-order valence-corrected chi connectivity index (χ3v) is 2.02. The van der Waals surface area contributed by atoms with E-state index in [2.05, 4.69) is 0 Å². The molecule has 0 N–H and O–H groups in total. The van der Waals surface area contributed by atoms with Gasteiger partial charge in [-0.25, -0.2) is 4.39 Å². The van der Waals surface area contributed by atoms with Crippen LogP contribution in [0.4, 0.5) is 4.39 Å². The maximum atomic E-state index is 12.8. The van der Waals surface area contributed by atoms with Gasteiger partial charge >= 0.3 is 0 Å². The van der Waals surface area contributed by atoms with Crippen LogP contribution in [0.5, 0.6) is 0 Å². The third-order valence-electron chi connectivity index (χ3n) is 2.02. The van der Waals surface area contributed by atoms with Crippen molar-refractivity contribution < 1.29 is 18.7 Å². The van der Waals surface area contributed by atoms with E-state index >= 15 is 0 Å². The zero-order chi connectivity index (χ0) is 11.8. The normalized spacial score (nSPS) is 10.4. The number of benzene rings is 1. The molecule has 88 valence electrons. The van der Waals surface area contributed by atoms with E-state index < -0.39 is 5.82 Å². The number of carbonyl (C=O) groups excluding carboxylic acids is 1. The van der Waals surface area contributed by atoms with Crippen molar-refractivity contribution in [2.45, 2.75) is 6.42 Å². The van der Waals surface area contributed by atoms with Crippen LogP contribution in [-0.2, 0) is 9.47 Å². The fraction of sp³-hybridized carbons (Fsp3) is 0.417. The van der Waals surface area contributed by atoms with E-state index in [-0.39, 0.29) is 12.4 Å². The summed E-state index contributed by atoms with van der Waals surface area (Å²) >= 11 is 0. The van der Waals surface area contributed by atoms with Crippen molar-refractivity contribution in [3.05, 3.63) is 35.6 Å². The Bertz CT molecular complexity index is 339. The first-order valence-corrected chi connectivity index (χ1v) is 5.09. The van der Waals surface area contributed by atoms with E-state index in [9.17, 15) is 9.18 Å². The average molecular weight is 226 g/mol. The molecule has 0 unspecified atom stereocenters. The monoisotopic (exact) mass is 226 g/mol. The van der Waals surface area contributed by atoms with Gasteiger partial charge in [-0.15, -0.1) is 0 Å². The van der Waals surface area contributed by atoms with Gasteiger partial charge in [0, 0.05) is 25.9 Å². The summed E-state index contributed by atoms with van der Waals surface area (Å²) in [5.41, 5.74) is 0.340. The summed E-state index contributed by atoms with van der Waals surface area (Å²) in [5, 5.41) is 0. The first-order valence-electron chi connectivity index (χ1n) is 5.09. The second-order valence-corrected chi connectivity index (χ2v) is 3.33. The Morgan fingerprint density at radius 1 is 1.38 bits per heavy atom. The second kappa shape index (κ2) is 7.09. The first kappa shape index (κ1) is 12.8. The van der Waals surface area contributed by atoms with Crippen LogP contribution in [0.2, 0.25) is 0 Å². The largest absolute Gasteiger partial charge is 0.385 e. The molecule has 0 fully saturated rings. The number of rotatable bonds is 7. The molecule has 1 rings (SSSR count). The van der Waals surface area contributed by atoms with E-state index in [1.807, 2.05) is 0 Å². The molecule has 0 aliphatic rings. The van der Waals surface area contributed by atoms with Gasteiger partial charge in [0.2, 0.25) is 0 Å². The maximum absolute atomic E-state index is 12.8. The quantitative estimate of drug-likeness (QED) is 0.527. The van der Waals surface area contributed by atoms with Crippen LogP contribution in [0, 0.1) is 5.82 Å². The summed E-state index contributed by atoms with van der Waals surface area (Å²) in [6.07, 6.45) is 0.743. The lowest BCUT2D eigenvalue weighted by molar-refractivity contribution is 0.0704. The molecule has 0 bridgehead atoms. The molecule has 0 amide bonds. The van der Waals surface area contributed by atoms with Crippen LogP contribution in [0.1, 0.15) is 16.8 Å². The van der Waals surface area contributed by atoms with Gasteiger partial charge in [0.25, 0.3) is 0 Å². The molecule has 4 heteroatoms. The zero-order valence-corrected chi connectivity index (χ0v) is 9.24. The van der Waals surface area contributed by atoms with Gasteiger partial charge in [-0.1, -0.05) is 12.1 Å². The molecule has 0 aliphatic carbocycles. The van der Waals surface area contributed by atoms with Crippen LogP contribution in [0.25, 0.3) is 0 Å².